The Hall–Kier alpha value is -1.80. The Balaban J connectivity index is 2.26. The number of hydrogen-bond acceptors (Lipinski definition) is 5. The van der Waals surface area contributed by atoms with Crippen molar-refractivity contribution in [2.24, 2.45) is 5.92 Å². The van der Waals surface area contributed by atoms with Crippen LogP contribution in [0.5, 0.6) is 11.5 Å². The van der Waals surface area contributed by atoms with Crippen LogP contribution in [0, 0.1) is 5.92 Å². The van der Waals surface area contributed by atoms with Crippen LogP contribution in [-0.2, 0) is 14.8 Å². The highest BCUT2D eigenvalue weighted by Crippen LogP contribution is 2.29. The van der Waals surface area contributed by atoms with Crippen molar-refractivity contribution < 1.29 is 22.7 Å². The van der Waals surface area contributed by atoms with Crippen molar-refractivity contribution in [1.82, 2.24) is 9.62 Å². The number of hydrogen-bond donors (Lipinski definition) is 1. The van der Waals surface area contributed by atoms with Crippen molar-refractivity contribution in [3.05, 3.63) is 18.2 Å². The van der Waals surface area contributed by atoms with Crippen molar-refractivity contribution in [3.8, 4) is 11.5 Å². The number of ether oxygens (including phenoxy) is 2. The van der Waals surface area contributed by atoms with Gasteiger partial charge in [-0.3, -0.25) is 4.79 Å². The minimum atomic E-state index is -3.87. The molecule has 1 amide bonds. The van der Waals surface area contributed by atoms with Crippen LogP contribution in [0.3, 0.4) is 0 Å². The fourth-order valence-corrected chi connectivity index (χ4v) is 4.18. The molecule has 1 aliphatic rings. The summed E-state index contributed by atoms with van der Waals surface area (Å²) in [6.45, 7) is 5.02. The van der Waals surface area contributed by atoms with Gasteiger partial charge in [-0.25, -0.2) is 8.42 Å². The Kier molecular flexibility index (Phi) is 6.29. The number of likely N-dealkylation sites (tertiary alicyclic amines) is 1. The number of sulfonamides is 1. The third-order valence-corrected chi connectivity index (χ3v) is 5.74. The van der Waals surface area contributed by atoms with Gasteiger partial charge in [0.25, 0.3) is 0 Å². The van der Waals surface area contributed by atoms with Gasteiger partial charge < -0.3 is 14.4 Å². The summed E-state index contributed by atoms with van der Waals surface area (Å²) >= 11 is 0. The number of benzene rings is 1. The molecule has 25 heavy (non-hydrogen) atoms. The van der Waals surface area contributed by atoms with Gasteiger partial charge in [-0.2, -0.15) is 4.72 Å². The molecule has 1 saturated heterocycles. The van der Waals surface area contributed by atoms with Gasteiger partial charge in [0.15, 0.2) is 11.5 Å². The molecule has 8 heteroatoms. The van der Waals surface area contributed by atoms with Crippen LogP contribution in [0.25, 0.3) is 0 Å². The molecule has 0 spiro atoms. The van der Waals surface area contributed by atoms with E-state index in [1.54, 1.807) is 4.90 Å². The first-order chi connectivity index (χ1) is 11.8. The van der Waals surface area contributed by atoms with Gasteiger partial charge >= 0.3 is 0 Å². The summed E-state index contributed by atoms with van der Waals surface area (Å²) in [7, 11) is -0.950. The fourth-order valence-electron chi connectivity index (χ4n) is 2.82. The maximum absolute atomic E-state index is 12.8. The third-order valence-electron chi connectivity index (χ3n) is 4.30. The molecule has 1 aromatic rings. The summed E-state index contributed by atoms with van der Waals surface area (Å²) in [4.78, 5) is 14.4. The van der Waals surface area contributed by atoms with Crippen molar-refractivity contribution in [2.75, 3.05) is 27.3 Å². The maximum atomic E-state index is 12.8. The normalized spacial score (nSPS) is 16.1. The van der Waals surface area contributed by atoms with Crippen molar-refractivity contribution in [2.45, 2.75) is 37.6 Å². The van der Waals surface area contributed by atoms with Crippen molar-refractivity contribution in [1.29, 1.82) is 0 Å². The molecule has 7 nitrogen and oxygen atoms in total. The molecular formula is C17H26N2O5S. The largest absolute Gasteiger partial charge is 0.493 e. The van der Waals surface area contributed by atoms with Gasteiger partial charge in [-0.05, 0) is 30.9 Å². The predicted molar refractivity (Wildman–Crippen MR) is 94.3 cm³/mol. The first-order valence-corrected chi connectivity index (χ1v) is 9.81. The lowest BCUT2D eigenvalue weighted by Crippen LogP contribution is -2.50. The highest BCUT2D eigenvalue weighted by molar-refractivity contribution is 7.89. The van der Waals surface area contributed by atoms with E-state index in [1.807, 2.05) is 13.8 Å². The summed E-state index contributed by atoms with van der Waals surface area (Å²) in [5.41, 5.74) is 0. The molecule has 0 aromatic heterocycles. The Morgan fingerprint density at radius 3 is 2.24 bits per heavy atom. The van der Waals surface area contributed by atoms with Gasteiger partial charge in [0.2, 0.25) is 15.9 Å². The van der Waals surface area contributed by atoms with Crippen LogP contribution < -0.4 is 14.2 Å². The Labute approximate surface area is 149 Å². The molecule has 1 N–H and O–H groups in total. The lowest BCUT2D eigenvalue weighted by atomic mass is 10.0. The summed E-state index contributed by atoms with van der Waals surface area (Å²) in [6, 6.07) is 3.55. The van der Waals surface area contributed by atoms with E-state index in [2.05, 4.69) is 4.72 Å². The molecule has 1 fully saturated rings. The molecule has 0 unspecified atom stereocenters. The Morgan fingerprint density at radius 1 is 1.12 bits per heavy atom. The number of nitrogens with one attached hydrogen (secondary N) is 1. The monoisotopic (exact) mass is 370 g/mol. The minimum Gasteiger partial charge on any atom is -0.493 e. The van der Waals surface area contributed by atoms with Crippen LogP contribution in [0.4, 0.5) is 0 Å². The molecule has 0 saturated carbocycles. The topological polar surface area (TPSA) is 84.9 Å². The molecule has 1 atom stereocenters. The highest BCUT2D eigenvalue weighted by atomic mass is 32.2. The quantitative estimate of drug-likeness (QED) is 0.788. The average molecular weight is 370 g/mol. The van der Waals surface area contributed by atoms with E-state index in [-0.39, 0.29) is 16.7 Å². The Bertz CT molecular complexity index is 712. The molecule has 1 aromatic carbocycles. The lowest BCUT2D eigenvalue weighted by Gasteiger charge is -2.26. The second-order valence-electron chi connectivity index (χ2n) is 6.39. The molecule has 1 heterocycles. The summed E-state index contributed by atoms with van der Waals surface area (Å²) in [5.74, 6) is 0.423. The number of carbonyl (C=O) groups excluding carboxylic acids is 1. The first-order valence-electron chi connectivity index (χ1n) is 8.33. The molecule has 0 radical (unpaired) electrons. The number of amides is 1. The van der Waals surface area contributed by atoms with Crippen LogP contribution >= 0.6 is 0 Å². The standard InChI is InChI=1S/C17H26N2O5S/c1-12(2)16(17(20)19-9-5-6-10-19)18-25(21,22)13-7-8-14(23-3)15(11-13)24-4/h7-8,11-12,16,18H,5-6,9-10H2,1-4H3/t16-/m1/s1. The van der Waals surface area contributed by atoms with E-state index >= 15 is 0 Å². The number of methoxy groups -OCH3 is 2. The highest BCUT2D eigenvalue weighted by Gasteiger charge is 2.32. The third kappa shape index (κ3) is 4.43. The van der Waals surface area contributed by atoms with Gasteiger partial charge in [-0.1, -0.05) is 13.8 Å². The smallest absolute Gasteiger partial charge is 0.241 e. The fraction of sp³-hybridized carbons (Fsp3) is 0.588. The van der Waals surface area contributed by atoms with Gasteiger partial charge in [0.1, 0.15) is 6.04 Å². The number of carbonyl (C=O) groups is 1. The first kappa shape index (κ1) is 19.5. The molecular weight excluding hydrogens is 344 g/mol. The van der Waals surface area contributed by atoms with Gasteiger partial charge in [0, 0.05) is 19.2 Å². The van der Waals surface area contributed by atoms with E-state index in [0.29, 0.717) is 24.6 Å². The van der Waals surface area contributed by atoms with Crippen molar-refractivity contribution in [3.63, 3.8) is 0 Å². The minimum absolute atomic E-state index is 0.0324. The second kappa shape index (κ2) is 8.05. The van der Waals surface area contributed by atoms with Crippen LogP contribution in [0.2, 0.25) is 0 Å². The predicted octanol–water partition coefficient (Wildman–Crippen LogP) is 1.63. The van der Waals surface area contributed by atoms with Crippen LogP contribution in [-0.4, -0.2) is 52.6 Å². The van der Waals surface area contributed by atoms with Gasteiger partial charge in [0.05, 0.1) is 19.1 Å². The zero-order valence-corrected chi connectivity index (χ0v) is 15.9. The average Bonchev–Trinajstić information content (AvgIpc) is 3.12. The molecule has 0 bridgehead atoms. The van der Waals surface area contributed by atoms with E-state index in [4.69, 9.17) is 9.47 Å². The molecule has 140 valence electrons. The Morgan fingerprint density at radius 2 is 1.72 bits per heavy atom. The molecule has 0 aliphatic carbocycles. The second-order valence-corrected chi connectivity index (χ2v) is 8.11. The summed E-state index contributed by atoms with van der Waals surface area (Å²) in [5, 5.41) is 0. The van der Waals surface area contributed by atoms with Crippen LogP contribution in [0.1, 0.15) is 26.7 Å². The zero-order chi connectivity index (χ0) is 18.6. The summed E-state index contributed by atoms with van der Waals surface area (Å²) in [6.07, 6.45) is 1.91. The maximum Gasteiger partial charge on any atom is 0.241 e. The molecule has 2 rings (SSSR count). The number of nitrogens with zero attached hydrogens (tertiary/aromatic N) is 1. The lowest BCUT2D eigenvalue weighted by molar-refractivity contribution is -0.132. The summed E-state index contributed by atoms with van der Waals surface area (Å²) < 4.78 is 38.4. The van der Waals surface area contributed by atoms with E-state index < -0.39 is 16.1 Å². The van der Waals surface area contributed by atoms with E-state index in [0.717, 1.165) is 12.8 Å². The van der Waals surface area contributed by atoms with Crippen LogP contribution in [0.15, 0.2) is 23.1 Å². The van der Waals surface area contributed by atoms with E-state index in [9.17, 15) is 13.2 Å². The van der Waals surface area contributed by atoms with Gasteiger partial charge in [-0.15, -0.1) is 0 Å². The van der Waals surface area contributed by atoms with E-state index in [1.165, 1.54) is 32.4 Å². The zero-order valence-electron chi connectivity index (χ0n) is 15.1. The van der Waals surface area contributed by atoms with Crippen molar-refractivity contribution >= 4 is 15.9 Å². The molecule has 1 aliphatic heterocycles. The SMILES string of the molecule is COc1ccc(S(=O)(=O)N[C@@H](C(=O)N2CCCC2)C(C)C)cc1OC. The number of rotatable bonds is 7.